The maximum Gasteiger partial charge on any atom is 0.0684 e. The maximum absolute atomic E-state index is 8.99. The summed E-state index contributed by atoms with van der Waals surface area (Å²) in [5.74, 6) is 0. The Morgan fingerprint density at radius 1 is 1.50 bits per heavy atom. The van der Waals surface area contributed by atoms with Gasteiger partial charge in [-0.1, -0.05) is 30.4 Å². The van der Waals surface area contributed by atoms with Gasteiger partial charge in [0.2, 0.25) is 0 Å². The van der Waals surface area contributed by atoms with Crippen molar-refractivity contribution in [3.8, 4) is 0 Å². The van der Waals surface area contributed by atoms with Gasteiger partial charge in [0.25, 0.3) is 0 Å². The van der Waals surface area contributed by atoms with E-state index < -0.39 is 0 Å². The Hall–Kier alpha value is -1.08. The minimum Gasteiger partial charge on any atom is -0.392 e. The van der Waals surface area contributed by atoms with E-state index in [1.807, 2.05) is 32.0 Å². The zero-order valence-electron chi connectivity index (χ0n) is 7.59. The first-order chi connectivity index (χ1) is 5.66. The smallest absolute Gasteiger partial charge is 0.0684 e. The van der Waals surface area contributed by atoms with Crippen LogP contribution in [0.1, 0.15) is 23.6 Å². The van der Waals surface area contributed by atoms with Crippen molar-refractivity contribution < 1.29 is 5.11 Å². The molecule has 1 N–H and O–H groups in total. The Labute approximate surface area is 73.4 Å². The number of benzene rings is 1. The second-order valence-electron chi connectivity index (χ2n) is 3.03. The molecular formula is C11H14O. The number of aliphatic hydroxyl groups is 1. The van der Waals surface area contributed by atoms with Crippen molar-refractivity contribution >= 4 is 5.57 Å². The SMILES string of the molecule is C=C(C)c1cccc(CO)c1C. The zero-order valence-corrected chi connectivity index (χ0v) is 7.59. The molecule has 1 nitrogen and oxygen atoms in total. The van der Waals surface area contributed by atoms with Crippen LogP contribution in [-0.4, -0.2) is 5.11 Å². The van der Waals surface area contributed by atoms with Crippen LogP contribution in [-0.2, 0) is 6.61 Å². The van der Waals surface area contributed by atoms with E-state index in [1.165, 1.54) is 0 Å². The normalized spacial score (nSPS) is 9.92. The minimum absolute atomic E-state index is 0.104. The van der Waals surface area contributed by atoms with Crippen molar-refractivity contribution in [3.63, 3.8) is 0 Å². The van der Waals surface area contributed by atoms with E-state index in [1.54, 1.807) is 0 Å². The Bertz CT molecular complexity index is 300. The van der Waals surface area contributed by atoms with E-state index >= 15 is 0 Å². The highest BCUT2D eigenvalue weighted by atomic mass is 16.3. The first-order valence-corrected chi connectivity index (χ1v) is 4.02. The average molecular weight is 162 g/mol. The third-order valence-corrected chi connectivity index (χ3v) is 2.08. The van der Waals surface area contributed by atoms with Gasteiger partial charge in [-0.15, -0.1) is 0 Å². The summed E-state index contributed by atoms with van der Waals surface area (Å²) < 4.78 is 0. The number of aliphatic hydroxyl groups excluding tert-OH is 1. The molecule has 0 atom stereocenters. The first-order valence-electron chi connectivity index (χ1n) is 4.02. The summed E-state index contributed by atoms with van der Waals surface area (Å²) in [5.41, 5.74) is 4.30. The monoisotopic (exact) mass is 162 g/mol. The van der Waals surface area contributed by atoms with Crippen molar-refractivity contribution in [3.05, 3.63) is 41.5 Å². The first kappa shape index (κ1) is 9.01. The van der Waals surface area contributed by atoms with Crippen LogP contribution in [0.25, 0.3) is 5.57 Å². The molecule has 64 valence electrons. The van der Waals surface area contributed by atoms with Gasteiger partial charge in [0.05, 0.1) is 6.61 Å². The summed E-state index contributed by atoms with van der Waals surface area (Å²) in [7, 11) is 0. The van der Waals surface area contributed by atoms with Crippen LogP contribution in [0.3, 0.4) is 0 Å². The van der Waals surface area contributed by atoms with Gasteiger partial charge in [0.1, 0.15) is 0 Å². The Morgan fingerprint density at radius 2 is 2.17 bits per heavy atom. The fourth-order valence-corrected chi connectivity index (χ4v) is 1.32. The lowest BCUT2D eigenvalue weighted by Crippen LogP contribution is -1.92. The topological polar surface area (TPSA) is 20.2 Å². The molecule has 1 aromatic rings. The molecule has 1 heteroatoms. The fraction of sp³-hybridized carbons (Fsp3) is 0.273. The molecule has 0 heterocycles. The molecule has 0 saturated heterocycles. The van der Waals surface area contributed by atoms with E-state index in [2.05, 4.69) is 6.58 Å². The quantitative estimate of drug-likeness (QED) is 0.708. The molecule has 0 fully saturated rings. The molecule has 0 bridgehead atoms. The van der Waals surface area contributed by atoms with Gasteiger partial charge < -0.3 is 5.11 Å². The van der Waals surface area contributed by atoms with Gasteiger partial charge in [-0.05, 0) is 30.5 Å². The van der Waals surface area contributed by atoms with Crippen molar-refractivity contribution in [2.24, 2.45) is 0 Å². The summed E-state index contributed by atoms with van der Waals surface area (Å²) in [6.07, 6.45) is 0. The Kier molecular flexibility index (Phi) is 2.66. The van der Waals surface area contributed by atoms with Crippen LogP contribution in [0.15, 0.2) is 24.8 Å². The van der Waals surface area contributed by atoms with Gasteiger partial charge in [0, 0.05) is 0 Å². The van der Waals surface area contributed by atoms with Gasteiger partial charge in [-0.3, -0.25) is 0 Å². The molecule has 0 aliphatic rings. The Morgan fingerprint density at radius 3 is 2.67 bits per heavy atom. The van der Waals surface area contributed by atoms with Crippen LogP contribution >= 0.6 is 0 Å². The lowest BCUT2D eigenvalue weighted by atomic mass is 9.99. The number of hydrogen-bond donors (Lipinski definition) is 1. The molecule has 0 amide bonds. The second kappa shape index (κ2) is 3.55. The van der Waals surface area contributed by atoms with Crippen LogP contribution in [0.2, 0.25) is 0 Å². The molecule has 1 aromatic carbocycles. The van der Waals surface area contributed by atoms with Crippen molar-refractivity contribution in [2.75, 3.05) is 0 Å². The summed E-state index contributed by atoms with van der Waals surface area (Å²) in [6, 6.07) is 5.90. The van der Waals surface area contributed by atoms with Gasteiger partial charge >= 0.3 is 0 Å². The maximum atomic E-state index is 8.99. The van der Waals surface area contributed by atoms with E-state index in [0.717, 1.165) is 22.3 Å². The van der Waals surface area contributed by atoms with Crippen molar-refractivity contribution in [2.45, 2.75) is 20.5 Å². The van der Waals surface area contributed by atoms with E-state index in [-0.39, 0.29) is 6.61 Å². The summed E-state index contributed by atoms with van der Waals surface area (Å²) in [4.78, 5) is 0. The summed E-state index contributed by atoms with van der Waals surface area (Å²) >= 11 is 0. The van der Waals surface area contributed by atoms with E-state index in [4.69, 9.17) is 5.11 Å². The lowest BCUT2D eigenvalue weighted by molar-refractivity contribution is 0.281. The third kappa shape index (κ3) is 1.56. The lowest BCUT2D eigenvalue weighted by Gasteiger charge is -2.08. The molecule has 0 aromatic heterocycles. The van der Waals surface area contributed by atoms with Crippen LogP contribution in [0, 0.1) is 6.92 Å². The van der Waals surface area contributed by atoms with Crippen LogP contribution < -0.4 is 0 Å². The van der Waals surface area contributed by atoms with Gasteiger partial charge in [-0.2, -0.15) is 0 Å². The molecule has 0 saturated carbocycles. The predicted octanol–water partition coefficient (Wildman–Crippen LogP) is 2.52. The van der Waals surface area contributed by atoms with Crippen LogP contribution in [0.5, 0.6) is 0 Å². The average Bonchev–Trinajstić information content (AvgIpc) is 2.04. The third-order valence-electron chi connectivity index (χ3n) is 2.08. The highest BCUT2D eigenvalue weighted by Gasteiger charge is 2.02. The summed E-state index contributed by atoms with van der Waals surface area (Å²) in [6.45, 7) is 7.97. The number of hydrogen-bond acceptors (Lipinski definition) is 1. The molecule has 0 spiro atoms. The molecule has 1 rings (SSSR count). The largest absolute Gasteiger partial charge is 0.392 e. The van der Waals surface area contributed by atoms with Gasteiger partial charge in [-0.25, -0.2) is 0 Å². The molecule has 12 heavy (non-hydrogen) atoms. The molecule has 0 radical (unpaired) electrons. The standard InChI is InChI=1S/C11H14O/c1-8(2)11-6-4-5-10(7-12)9(11)3/h4-6,12H,1,7H2,2-3H3. The van der Waals surface area contributed by atoms with Crippen molar-refractivity contribution in [1.29, 1.82) is 0 Å². The molecule has 0 aliphatic carbocycles. The molecule has 0 unspecified atom stereocenters. The predicted molar refractivity (Wildman–Crippen MR) is 51.8 cm³/mol. The van der Waals surface area contributed by atoms with E-state index in [0.29, 0.717) is 0 Å². The van der Waals surface area contributed by atoms with Gasteiger partial charge in [0.15, 0.2) is 0 Å². The number of rotatable bonds is 2. The molecular weight excluding hydrogens is 148 g/mol. The Balaban J connectivity index is 3.23. The molecule has 0 aliphatic heterocycles. The highest BCUT2D eigenvalue weighted by molar-refractivity contribution is 5.65. The van der Waals surface area contributed by atoms with E-state index in [9.17, 15) is 0 Å². The summed E-state index contributed by atoms with van der Waals surface area (Å²) in [5, 5.41) is 8.99. The second-order valence-corrected chi connectivity index (χ2v) is 3.03. The van der Waals surface area contributed by atoms with Crippen LogP contribution in [0.4, 0.5) is 0 Å². The zero-order chi connectivity index (χ0) is 9.14. The highest BCUT2D eigenvalue weighted by Crippen LogP contribution is 2.19. The number of allylic oxidation sites excluding steroid dienone is 1. The van der Waals surface area contributed by atoms with Crippen molar-refractivity contribution in [1.82, 2.24) is 0 Å². The minimum atomic E-state index is 0.104. The fourth-order valence-electron chi connectivity index (χ4n) is 1.32.